The average molecular weight is 199 g/mol. The smallest absolute Gasteiger partial charge is 0.235 e. The van der Waals surface area contributed by atoms with E-state index in [2.05, 4.69) is 19.2 Å². The van der Waals surface area contributed by atoms with Crippen LogP contribution in [-0.2, 0) is 4.79 Å². The van der Waals surface area contributed by atoms with Gasteiger partial charge in [-0.05, 0) is 24.7 Å². The lowest BCUT2D eigenvalue weighted by Gasteiger charge is -2.20. The Kier molecular flexibility index (Phi) is 3.89. The van der Waals surface area contributed by atoms with Crippen LogP contribution in [0.1, 0.15) is 26.7 Å². The average Bonchev–Trinajstić information content (AvgIpc) is 2.44. The maximum Gasteiger partial charge on any atom is 0.235 e. The van der Waals surface area contributed by atoms with Gasteiger partial charge < -0.3 is 16.8 Å². The Hall–Kier alpha value is -0.610. The SMILES string of the molecule is CC1CCC(NCC(N)C(N)=O)C1C. The van der Waals surface area contributed by atoms with Gasteiger partial charge in [0.2, 0.25) is 5.91 Å². The van der Waals surface area contributed by atoms with Crippen LogP contribution in [0.25, 0.3) is 0 Å². The number of hydrogen-bond acceptors (Lipinski definition) is 3. The highest BCUT2D eigenvalue weighted by molar-refractivity contribution is 5.79. The van der Waals surface area contributed by atoms with E-state index in [1.807, 2.05) is 0 Å². The monoisotopic (exact) mass is 199 g/mol. The Bertz CT molecular complexity index is 208. The number of primary amides is 1. The summed E-state index contributed by atoms with van der Waals surface area (Å²) in [6.07, 6.45) is 2.43. The van der Waals surface area contributed by atoms with Crippen LogP contribution >= 0.6 is 0 Å². The third kappa shape index (κ3) is 2.69. The second-order valence-corrected chi connectivity index (χ2v) is 4.44. The normalized spacial score (nSPS) is 34.4. The Morgan fingerprint density at radius 2 is 2.14 bits per heavy atom. The number of nitrogens with two attached hydrogens (primary N) is 2. The molecule has 4 nitrogen and oxygen atoms in total. The first-order valence-electron chi connectivity index (χ1n) is 5.30. The molecule has 0 aliphatic heterocycles. The molecule has 4 unspecified atom stereocenters. The largest absolute Gasteiger partial charge is 0.368 e. The lowest BCUT2D eigenvalue weighted by Crippen LogP contribution is -2.47. The van der Waals surface area contributed by atoms with Crippen molar-refractivity contribution in [1.29, 1.82) is 0 Å². The van der Waals surface area contributed by atoms with E-state index in [0.717, 1.165) is 5.92 Å². The number of carbonyl (C=O) groups is 1. The molecule has 4 heteroatoms. The van der Waals surface area contributed by atoms with Crippen molar-refractivity contribution in [1.82, 2.24) is 5.32 Å². The molecule has 0 radical (unpaired) electrons. The molecule has 82 valence electrons. The minimum Gasteiger partial charge on any atom is -0.368 e. The first kappa shape index (κ1) is 11.5. The van der Waals surface area contributed by atoms with Gasteiger partial charge in [0.25, 0.3) is 0 Å². The molecule has 1 fully saturated rings. The van der Waals surface area contributed by atoms with E-state index in [-0.39, 0.29) is 0 Å². The van der Waals surface area contributed by atoms with E-state index in [4.69, 9.17) is 11.5 Å². The van der Waals surface area contributed by atoms with Crippen molar-refractivity contribution < 1.29 is 4.79 Å². The summed E-state index contributed by atoms with van der Waals surface area (Å²) in [5.41, 5.74) is 10.6. The molecule has 1 rings (SSSR count). The lowest BCUT2D eigenvalue weighted by molar-refractivity contribution is -0.119. The zero-order valence-electron chi connectivity index (χ0n) is 8.99. The lowest BCUT2D eigenvalue weighted by atomic mass is 9.98. The molecule has 0 spiro atoms. The molecule has 0 aromatic rings. The summed E-state index contributed by atoms with van der Waals surface area (Å²) < 4.78 is 0. The van der Waals surface area contributed by atoms with E-state index < -0.39 is 11.9 Å². The third-order valence-electron chi connectivity index (χ3n) is 3.43. The van der Waals surface area contributed by atoms with Gasteiger partial charge in [-0.3, -0.25) is 4.79 Å². The molecule has 0 aromatic carbocycles. The van der Waals surface area contributed by atoms with Crippen LogP contribution in [0.5, 0.6) is 0 Å². The second kappa shape index (κ2) is 4.75. The highest BCUT2D eigenvalue weighted by Crippen LogP contribution is 2.30. The van der Waals surface area contributed by atoms with Gasteiger partial charge in [-0.1, -0.05) is 13.8 Å². The van der Waals surface area contributed by atoms with Crippen LogP contribution in [0.3, 0.4) is 0 Å². The van der Waals surface area contributed by atoms with Crippen molar-refractivity contribution in [3.63, 3.8) is 0 Å². The fraction of sp³-hybridized carbons (Fsp3) is 0.900. The van der Waals surface area contributed by atoms with Gasteiger partial charge in [0.05, 0.1) is 6.04 Å². The van der Waals surface area contributed by atoms with Crippen LogP contribution in [0.2, 0.25) is 0 Å². The van der Waals surface area contributed by atoms with Crippen molar-refractivity contribution in [3.8, 4) is 0 Å². The number of nitrogens with one attached hydrogen (secondary N) is 1. The predicted octanol–water partition coefficient (Wildman–Crippen LogP) is -0.177. The molecule has 0 saturated heterocycles. The van der Waals surface area contributed by atoms with Crippen molar-refractivity contribution in [3.05, 3.63) is 0 Å². The van der Waals surface area contributed by atoms with Gasteiger partial charge in [-0.25, -0.2) is 0 Å². The maximum absolute atomic E-state index is 10.7. The van der Waals surface area contributed by atoms with Crippen molar-refractivity contribution >= 4 is 5.91 Å². The van der Waals surface area contributed by atoms with E-state index in [9.17, 15) is 4.79 Å². The van der Waals surface area contributed by atoms with Gasteiger partial charge in [0.1, 0.15) is 0 Å². The molecule has 1 amide bonds. The fourth-order valence-electron chi connectivity index (χ4n) is 2.03. The Morgan fingerprint density at radius 1 is 1.50 bits per heavy atom. The maximum atomic E-state index is 10.7. The van der Waals surface area contributed by atoms with E-state index >= 15 is 0 Å². The molecule has 0 heterocycles. The molecular weight excluding hydrogens is 178 g/mol. The van der Waals surface area contributed by atoms with Gasteiger partial charge >= 0.3 is 0 Å². The van der Waals surface area contributed by atoms with Gasteiger partial charge in [-0.2, -0.15) is 0 Å². The summed E-state index contributed by atoms with van der Waals surface area (Å²) in [6.45, 7) is 5.00. The van der Waals surface area contributed by atoms with Gasteiger partial charge in [0.15, 0.2) is 0 Å². The molecule has 0 aromatic heterocycles. The summed E-state index contributed by atoms with van der Waals surface area (Å²) in [7, 11) is 0. The minimum atomic E-state index is -0.557. The Balaban J connectivity index is 2.28. The summed E-state index contributed by atoms with van der Waals surface area (Å²) in [5.74, 6) is 0.989. The van der Waals surface area contributed by atoms with Crippen LogP contribution < -0.4 is 16.8 Å². The highest BCUT2D eigenvalue weighted by atomic mass is 16.1. The molecule has 0 bridgehead atoms. The number of amides is 1. The van der Waals surface area contributed by atoms with Crippen LogP contribution in [0.15, 0.2) is 0 Å². The second-order valence-electron chi connectivity index (χ2n) is 4.44. The van der Waals surface area contributed by atoms with Gasteiger partial charge in [0, 0.05) is 12.6 Å². The first-order valence-corrected chi connectivity index (χ1v) is 5.30. The minimum absolute atomic E-state index is 0.434. The van der Waals surface area contributed by atoms with Crippen molar-refractivity contribution in [2.24, 2.45) is 23.3 Å². The molecular formula is C10H21N3O. The molecule has 14 heavy (non-hydrogen) atoms. The molecule has 5 N–H and O–H groups in total. The van der Waals surface area contributed by atoms with Crippen LogP contribution in [0.4, 0.5) is 0 Å². The number of carbonyl (C=O) groups excluding carboxylic acids is 1. The number of hydrogen-bond donors (Lipinski definition) is 3. The van der Waals surface area contributed by atoms with E-state index in [1.165, 1.54) is 12.8 Å². The van der Waals surface area contributed by atoms with Crippen molar-refractivity contribution in [2.75, 3.05) is 6.54 Å². The topological polar surface area (TPSA) is 81.1 Å². The summed E-state index contributed by atoms with van der Waals surface area (Å²) in [5, 5.41) is 3.32. The van der Waals surface area contributed by atoms with Crippen LogP contribution in [-0.4, -0.2) is 24.5 Å². The molecule has 1 aliphatic carbocycles. The van der Waals surface area contributed by atoms with Crippen molar-refractivity contribution in [2.45, 2.75) is 38.8 Å². The zero-order valence-corrected chi connectivity index (χ0v) is 8.99. The summed E-state index contributed by atoms with van der Waals surface area (Å²) in [4.78, 5) is 10.7. The standard InChI is InChI=1S/C10H21N3O/c1-6-3-4-9(7(6)2)13-5-8(11)10(12)14/h6-9,13H,3-5,11H2,1-2H3,(H2,12,14). The van der Waals surface area contributed by atoms with Gasteiger partial charge in [-0.15, -0.1) is 0 Å². The highest BCUT2D eigenvalue weighted by Gasteiger charge is 2.29. The van der Waals surface area contributed by atoms with Crippen LogP contribution in [0, 0.1) is 11.8 Å². The number of rotatable bonds is 4. The summed E-state index contributed by atoms with van der Waals surface area (Å²) >= 11 is 0. The fourth-order valence-corrected chi connectivity index (χ4v) is 2.03. The van der Waals surface area contributed by atoms with E-state index in [1.54, 1.807) is 0 Å². The predicted molar refractivity (Wildman–Crippen MR) is 56.5 cm³/mol. The molecule has 4 atom stereocenters. The summed E-state index contributed by atoms with van der Waals surface area (Å²) in [6, 6.07) is -0.0616. The zero-order chi connectivity index (χ0) is 10.7. The first-order chi connectivity index (χ1) is 6.52. The van der Waals surface area contributed by atoms with E-state index in [0.29, 0.717) is 18.5 Å². The molecule has 1 saturated carbocycles. The third-order valence-corrected chi connectivity index (χ3v) is 3.43. The Morgan fingerprint density at radius 3 is 2.57 bits per heavy atom. The molecule has 1 aliphatic rings. The Labute approximate surface area is 85.4 Å². The quantitative estimate of drug-likeness (QED) is 0.587.